The summed E-state index contributed by atoms with van der Waals surface area (Å²) in [5.74, 6) is -0.858. The average molecular weight is 324 g/mol. The van der Waals surface area contributed by atoms with E-state index in [2.05, 4.69) is 31.7 Å². The zero-order valence-corrected chi connectivity index (χ0v) is 11.5. The van der Waals surface area contributed by atoms with Crippen molar-refractivity contribution < 1.29 is 14.1 Å². The lowest BCUT2D eigenvalue weighted by atomic mass is 10.3. The fourth-order valence-corrected chi connectivity index (χ4v) is 1.72. The third kappa shape index (κ3) is 3.41. The maximum Gasteiger partial charge on any atom is 0.315 e. The van der Waals surface area contributed by atoms with Gasteiger partial charge in [0.05, 0.1) is 5.69 Å². The Morgan fingerprint density at radius 2 is 1.89 bits per heavy atom. The SMILES string of the molecule is Cc1cc(NC(=O)C(=O)Nc2ccccc2Br)no1. The molecule has 0 aliphatic carbocycles. The molecule has 0 aliphatic rings. The molecule has 0 saturated heterocycles. The highest BCUT2D eigenvalue weighted by Crippen LogP contribution is 2.21. The molecule has 6 nitrogen and oxygen atoms in total. The van der Waals surface area contributed by atoms with E-state index in [-0.39, 0.29) is 5.82 Å². The quantitative estimate of drug-likeness (QED) is 0.831. The van der Waals surface area contributed by atoms with Gasteiger partial charge >= 0.3 is 11.8 Å². The summed E-state index contributed by atoms with van der Waals surface area (Å²) < 4.78 is 5.47. The standard InChI is InChI=1S/C12H10BrN3O3/c1-7-6-10(16-19-7)15-12(18)11(17)14-9-5-3-2-4-8(9)13/h2-6H,1H3,(H,14,17)(H,15,16,18). The highest BCUT2D eigenvalue weighted by molar-refractivity contribution is 9.10. The van der Waals surface area contributed by atoms with Crippen LogP contribution in [-0.2, 0) is 9.59 Å². The molecule has 7 heteroatoms. The molecule has 2 rings (SSSR count). The third-order valence-corrected chi connectivity index (χ3v) is 2.89. The second kappa shape index (κ2) is 5.66. The number of carbonyl (C=O) groups is 2. The van der Waals surface area contributed by atoms with Gasteiger partial charge in [-0.05, 0) is 35.0 Å². The lowest BCUT2D eigenvalue weighted by molar-refractivity contribution is -0.133. The van der Waals surface area contributed by atoms with E-state index in [1.54, 1.807) is 31.2 Å². The number of nitrogens with one attached hydrogen (secondary N) is 2. The van der Waals surface area contributed by atoms with E-state index in [0.717, 1.165) is 0 Å². The largest absolute Gasteiger partial charge is 0.360 e. The normalized spacial score (nSPS) is 10.0. The Balaban J connectivity index is 2.00. The molecule has 0 radical (unpaired) electrons. The van der Waals surface area contributed by atoms with Crippen LogP contribution in [0.5, 0.6) is 0 Å². The summed E-state index contributed by atoms with van der Waals surface area (Å²) in [6, 6.07) is 8.50. The second-order valence-corrected chi connectivity index (χ2v) is 4.57. The summed E-state index contributed by atoms with van der Waals surface area (Å²) >= 11 is 3.27. The molecule has 2 aromatic rings. The predicted molar refractivity (Wildman–Crippen MR) is 72.6 cm³/mol. The summed E-state index contributed by atoms with van der Waals surface area (Å²) in [7, 11) is 0. The van der Waals surface area contributed by atoms with Gasteiger partial charge in [-0.2, -0.15) is 0 Å². The van der Waals surface area contributed by atoms with Crippen LogP contribution < -0.4 is 10.6 Å². The smallest absolute Gasteiger partial charge is 0.315 e. The first-order valence-electron chi connectivity index (χ1n) is 5.36. The molecule has 0 spiro atoms. The maximum absolute atomic E-state index is 11.7. The van der Waals surface area contributed by atoms with Crippen molar-refractivity contribution in [2.45, 2.75) is 6.92 Å². The van der Waals surface area contributed by atoms with Crippen LogP contribution in [0.25, 0.3) is 0 Å². The Bertz CT molecular complexity index is 624. The Morgan fingerprint density at radius 1 is 1.21 bits per heavy atom. The molecule has 1 aromatic carbocycles. The molecule has 0 bridgehead atoms. The van der Waals surface area contributed by atoms with Crippen LogP contribution in [0.3, 0.4) is 0 Å². The number of hydrogen-bond donors (Lipinski definition) is 2. The summed E-state index contributed by atoms with van der Waals surface area (Å²) in [5, 5.41) is 8.38. The van der Waals surface area contributed by atoms with E-state index < -0.39 is 11.8 Å². The Kier molecular flexibility index (Phi) is 3.96. The van der Waals surface area contributed by atoms with E-state index in [4.69, 9.17) is 4.52 Å². The van der Waals surface area contributed by atoms with Crippen LogP contribution in [0.1, 0.15) is 5.76 Å². The van der Waals surface area contributed by atoms with Crippen LogP contribution >= 0.6 is 15.9 Å². The summed E-state index contributed by atoms with van der Waals surface area (Å²) in [4.78, 5) is 23.3. The summed E-state index contributed by atoms with van der Waals surface area (Å²) in [6.07, 6.45) is 0. The van der Waals surface area contributed by atoms with E-state index >= 15 is 0 Å². The van der Waals surface area contributed by atoms with Gasteiger partial charge in [0, 0.05) is 10.5 Å². The zero-order valence-electron chi connectivity index (χ0n) is 9.94. The first-order valence-corrected chi connectivity index (χ1v) is 6.16. The van der Waals surface area contributed by atoms with Crippen LogP contribution in [0.2, 0.25) is 0 Å². The molecular weight excluding hydrogens is 314 g/mol. The van der Waals surface area contributed by atoms with Crippen LogP contribution in [0.15, 0.2) is 39.3 Å². The molecule has 0 unspecified atom stereocenters. The number of benzene rings is 1. The van der Waals surface area contributed by atoms with E-state index in [0.29, 0.717) is 15.9 Å². The van der Waals surface area contributed by atoms with Crippen LogP contribution in [-0.4, -0.2) is 17.0 Å². The minimum atomic E-state index is -0.816. The van der Waals surface area contributed by atoms with Gasteiger partial charge in [0.2, 0.25) is 0 Å². The maximum atomic E-state index is 11.7. The molecule has 2 amide bonds. The molecule has 0 saturated carbocycles. The number of rotatable bonds is 2. The third-order valence-electron chi connectivity index (χ3n) is 2.20. The van der Waals surface area contributed by atoms with Crippen molar-refractivity contribution >= 4 is 39.2 Å². The molecule has 19 heavy (non-hydrogen) atoms. The van der Waals surface area contributed by atoms with Gasteiger partial charge in [0.1, 0.15) is 5.76 Å². The van der Waals surface area contributed by atoms with E-state index in [1.165, 1.54) is 6.07 Å². The molecule has 1 heterocycles. The molecule has 2 N–H and O–H groups in total. The van der Waals surface area contributed by atoms with Crippen molar-refractivity contribution in [3.05, 3.63) is 40.6 Å². The highest BCUT2D eigenvalue weighted by Gasteiger charge is 2.16. The molecule has 98 valence electrons. The number of anilines is 2. The Hall–Kier alpha value is -2.15. The van der Waals surface area contributed by atoms with Gasteiger partial charge in [0.15, 0.2) is 5.82 Å². The number of hydrogen-bond acceptors (Lipinski definition) is 4. The first kappa shape index (κ1) is 13.3. The van der Waals surface area contributed by atoms with Crippen molar-refractivity contribution in [3.63, 3.8) is 0 Å². The number of amides is 2. The fourth-order valence-electron chi connectivity index (χ4n) is 1.34. The van der Waals surface area contributed by atoms with Crippen molar-refractivity contribution in [2.75, 3.05) is 10.6 Å². The molecule has 1 aromatic heterocycles. The minimum Gasteiger partial charge on any atom is -0.360 e. The topological polar surface area (TPSA) is 84.2 Å². The number of nitrogens with zero attached hydrogens (tertiary/aromatic N) is 1. The monoisotopic (exact) mass is 323 g/mol. The summed E-state index contributed by atoms with van der Waals surface area (Å²) in [6.45, 7) is 1.68. The van der Waals surface area contributed by atoms with E-state index in [1.807, 2.05) is 0 Å². The number of aryl methyl sites for hydroxylation is 1. The van der Waals surface area contributed by atoms with Crippen molar-refractivity contribution in [3.8, 4) is 0 Å². The predicted octanol–water partition coefficient (Wildman–Crippen LogP) is 2.32. The Morgan fingerprint density at radius 3 is 2.53 bits per heavy atom. The highest BCUT2D eigenvalue weighted by atomic mass is 79.9. The van der Waals surface area contributed by atoms with Gasteiger partial charge in [-0.15, -0.1) is 0 Å². The Labute approximate surface area is 117 Å². The first-order chi connectivity index (χ1) is 9.06. The zero-order chi connectivity index (χ0) is 13.8. The fraction of sp³-hybridized carbons (Fsp3) is 0.0833. The van der Waals surface area contributed by atoms with Gasteiger partial charge in [-0.3, -0.25) is 14.9 Å². The lowest BCUT2D eigenvalue weighted by Gasteiger charge is -2.06. The van der Waals surface area contributed by atoms with Gasteiger partial charge < -0.3 is 9.84 Å². The van der Waals surface area contributed by atoms with Crippen molar-refractivity contribution in [1.29, 1.82) is 0 Å². The number of carbonyl (C=O) groups excluding carboxylic acids is 2. The lowest BCUT2D eigenvalue weighted by Crippen LogP contribution is -2.29. The van der Waals surface area contributed by atoms with Gasteiger partial charge in [-0.1, -0.05) is 17.3 Å². The number of para-hydroxylation sites is 1. The minimum absolute atomic E-state index is 0.199. The number of halogens is 1. The van der Waals surface area contributed by atoms with Gasteiger partial charge in [-0.25, -0.2) is 0 Å². The number of aromatic nitrogens is 1. The second-order valence-electron chi connectivity index (χ2n) is 3.71. The molecule has 0 atom stereocenters. The van der Waals surface area contributed by atoms with Crippen LogP contribution in [0.4, 0.5) is 11.5 Å². The molecular formula is C12H10BrN3O3. The summed E-state index contributed by atoms with van der Waals surface area (Å²) in [5.41, 5.74) is 0.513. The van der Waals surface area contributed by atoms with Crippen LogP contribution in [0, 0.1) is 6.92 Å². The molecule has 0 aliphatic heterocycles. The van der Waals surface area contributed by atoms with Crippen molar-refractivity contribution in [1.82, 2.24) is 5.16 Å². The molecule has 0 fully saturated rings. The average Bonchev–Trinajstić information content (AvgIpc) is 2.77. The van der Waals surface area contributed by atoms with E-state index in [9.17, 15) is 9.59 Å². The van der Waals surface area contributed by atoms with Crippen molar-refractivity contribution in [2.24, 2.45) is 0 Å². The van der Waals surface area contributed by atoms with Gasteiger partial charge in [0.25, 0.3) is 0 Å².